The third-order valence-corrected chi connectivity index (χ3v) is 3.50. The zero-order chi connectivity index (χ0) is 14.7. The quantitative estimate of drug-likeness (QED) is 0.874. The predicted octanol–water partition coefficient (Wildman–Crippen LogP) is 3.44. The maximum atomic E-state index is 12.2. The van der Waals surface area contributed by atoms with Crippen LogP contribution < -0.4 is 5.32 Å². The molecule has 1 aliphatic rings. The van der Waals surface area contributed by atoms with Crippen LogP contribution in [-0.4, -0.2) is 34.6 Å². The zero-order valence-corrected chi connectivity index (χ0v) is 12.0. The third kappa shape index (κ3) is 3.42. The molecule has 0 aromatic heterocycles. The summed E-state index contributed by atoms with van der Waals surface area (Å²) in [5.41, 5.74) is 0.427. The van der Waals surface area contributed by atoms with E-state index in [-0.39, 0.29) is 11.6 Å². The van der Waals surface area contributed by atoms with Gasteiger partial charge in [0.1, 0.15) is 0 Å². The Hall–Kier alpha value is -1.75. The van der Waals surface area contributed by atoms with Gasteiger partial charge in [0.05, 0.1) is 16.3 Å². The van der Waals surface area contributed by atoms with Crippen LogP contribution in [0.2, 0.25) is 5.02 Å². The molecule has 1 saturated carbocycles. The molecule has 2 rings (SSSR count). The van der Waals surface area contributed by atoms with Gasteiger partial charge < -0.3 is 15.3 Å². The number of carbonyl (C=O) groups is 2. The van der Waals surface area contributed by atoms with E-state index >= 15 is 0 Å². The van der Waals surface area contributed by atoms with Crippen molar-refractivity contribution in [2.45, 2.75) is 32.2 Å². The summed E-state index contributed by atoms with van der Waals surface area (Å²) in [5, 5.41) is 12.0. The maximum absolute atomic E-state index is 12.2. The Bertz CT molecular complexity index is 529. The summed E-state index contributed by atoms with van der Waals surface area (Å²) < 4.78 is 0. The molecule has 0 atom stereocenters. The van der Waals surface area contributed by atoms with E-state index in [9.17, 15) is 9.59 Å². The number of halogens is 1. The minimum Gasteiger partial charge on any atom is -0.478 e. The Morgan fingerprint density at radius 1 is 1.45 bits per heavy atom. The molecule has 1 aromatic carbocycles. The number of aromatic carboxylic acids is 1. The zero-order valence-electron chi connectivity index (χ0n) is 11.2. The first-order valence-corrected chi connectivity index (χ1v) is 7.01. The molecule has 1 fully saturated rings. The number of anilines is 1. The summed E-state index contributed by atoms with van der Waals surface area (Å²) in [6.07, 6.45) is 2.93. The SMILES string of the molecule is CCCN(C(=O)Nc1cc(C(=O)O)ccc1Cl)C1CC1. The fourth-order valence-electron chi connectivity index (χ4n) is 2.02. The molecule has 0 unspecified atom stereocenters. The Kier molecular flexibility index (Phi) is 4.49. The van der Waals surface area contributed by atoms with Gasteiger partial charge in [0.15, 0.2) is 0 Å². The molecular formula is C14H17ClN2O3. The highest BCUT2D eigenvalue weighted by Gasteiger charge is 2.32. The van der Waals surface area contributed by atoms with E-state index in [1.54, 1.807) is 4.90 Å². The molecule has 2 amide bonds. The molecule has 5 nitrogen and oxygen atoms in total. The van der Waals surface area contributed by atoms with Gasteiger partial charge in [0.2, 0.25) is 0 Å². The van der Waals surface area contributed by atoms with Gasteiger partial charge in [-0.3, -0.25) is 0 Å². The minimum atomic E-state index is -1.05. The lowest BCUT2D eigenvalue weighted by molar-refractivity contribution is 0.0697. The Labute approximate surface area is 122 Å². The van der Waals surface area contributed by atoms with Crippen molar-refractivity contribution < 1.29 is 14.7 Å². The lowest BCUT2D eigenvalue weighted by atomic mass is 10.2. The average Bonchev–Trinajstić information content (AvgIpc) is 3.22. The molecule has 20 heavy (non-hydrogen) atoms. The van der Waals surface area contributed by atoms with E-state index in [0.717, 1.165) is 19.3 Å². The van der Waals surface area contributed by atoms with Crippen molar-refractivity contribution >= 4 is 29.3 Å². The lowest BCUT2D eigenvalue weighted by Crippen LogP contribution is -2.37. The normalized spacial score (nSPS) is 13.9. The highest BCUT2D eigenvalue weighted by atomic mass is 35.5. The highest BCUT2D eigenvalue weighted by molar-refractivity contribution is 6.33. The van der Waals surface area contributed by atoms with Crippen LogP contribution in [0.15, 0.2) is 18.2 Å². The van der Waals surface area contributed by atoms with Gasteiger partial charge in [-0.1, -0.05) is 18.5 Å². The summed E-state index contributed by atoms with van der Waals surface area (Å²) in [6, 6.07) is 4.34. The van der Waals surface area contributed by atoms with E-state index in [4.69, 9.17) is 16.7 Å². The molecule has 108 valence electrons. The van der Waals surface area contributed by atoms with Crippen molar-refractivity contribution in [2.24, 2.45) is 0 Å². The summed E-state index contributed by atoms with van der Waals surface area (Å²) in [6.45, 7) is 2.70. The van der Waals surface area contributed by atoms with Crippen molar-refractivity contribution in [1.29, 1.82) is 0 Å². The number of carbonyl (C=O) groups excluding carboxylic acids is 1. The van der Waals surface area contributed by atoms with Crippen molar-refractivity contribution in [3.63, 3.8) is 0 Å². The predicted molar refractivity (Wildman–Crippen MR) is 77.4 cm³/mol. The number of carboxylic acids is 1. The van der Waals surface area contributed by atoms with Crippen LogP contribution in [0.1, 0.15) is 36.5 Å². The van der Waals surface area contributed by atoms with Crippen molar-refractivity contribution in [2.75, 3.05) is 11.9 Å². The largest absolute Gasteiger partial charge is 0.478 e. The summed E-state index contributed by atoms with van der Waals surface area (Å²) in [4.78, 5) is 24.9. The third-order valence-electron chi connectivity index (χ3n) is 3.17. The molecule has 6 heteroatoms. The van der Waals surface area contributed by atoms with Crippen molar-refractivity contribution in [3.05, 3.63) is 28.8 Å². The molecule has 1 aliphatic carbocycles. The summed E-state index contributed by atoms with van der Waals surface area (Å²) in [5.74, 6) is -1.05. The molecule has 0 bridgehead atoms. The first-order chi connectivity index (χ1) is 9.52. The first-order valence-electron chi connectivity index (χ1n) is 6.63. The summed E-state index contributed by atoms with van der Waals surface area (Å²) >= 11 is 6.00. The number of hydrogen-bond donors (Lipinski definition) is 2. The fourth-order valence-corrected chi connectivity index (χ4v) is 2.18. The molecule has 0 spiro atoms. The van der Waals surface area contributed by atoms with E-state index in [0.29, 0.717) is 23.3 Å². The maximum Gasteiger partial charge on any atom is 0.335 e. The molecule has 2 N–H and O–H groups in total. The standard InChI is InChI=1S/C14H17ClN2O3/c1-2-7-17(10-4-5-10)14(20)16-12-8-9(13(18)19)3-6-11(12)15/h3,6,8,10H,2,4-5,7H2,1H3,(H,16,20)(H,18,19). The van der Waals surface area contributed by atoms with Crippen LogP contribution in [0.5, 0.6) is 0 Å². The van der Waals surface area contributed by atoms with Gasteiger partial charge in [-0.25, -0.2) is 9.59 Å². The van der Waals surface area contributed by atoms with E-state index in [1.165, 1.54) is 18.2 Å². The number of amides is 2. The van der Waals surface area contributed by atoms with Crippen LogP contribution in [0.25, 0.3) is 0 Å². The molecule has 0 radical (unpaired) electrons. The molecule has 0 aliphatic heterocycles. The number of nitrogens with zero attached hydrogens (tertiary/aromatic N) is 1. The smallest absolute Gasteiger partial charge is 0.335 e. The Balaban J connectivity index is 2.13. The van der Waals surface area contributed by atoms with Gasteiger partial charge in [0.25, 0.3) is 0 Å². The second-order valence-electron chi connectivity index (χ2n) is 4.85. The lowest BCUT2D eigenvalue weighted by Gasteiger charge is -2.22. The number of carboxylic acid groups (broad SMARTS) is 1. The minimum absolute atomic E-state index is 0.0955. The molecule has 0 heterocycles. The van der Waals surface area contributed by atoms with Gasteiger partial charge >= 0.3 is 12.0 Å². The van der Waals surface area contributed by atoms with Gasteiger partial charge in [-0.15, -0.1) is 0 Å². The number of nitrogens with one attached hydrogen (secondary N) is 1. The van der Waals surface area contributed by atoms with Crippen molar-refractivity contribution in [3.8, 4) is 0 Å². The number of benzene rings is 1. The van der Waals surface area contributed by atoms with E-state index in [1.807, 2.05) is 6.92 Å². The van der Waals surface area contributed by atoms with Crippen LogP contribution in [0, 0.1) is 0 Å². The topological polar surface area (TPSA) is 69.6 Å². The van der Waals surface area contributed by atoms with Crippen LogP contribution in [-0.2, 0) is 0 Å². The van der Waals surface area contributed by atoms with Crippen molar-refractivity contribution in [1.82, 2.24) is 4.90 Å². The number of rotatable bonds is 5. The average molecular weight is 297 g/mol. The number of urea groups is 1. The Morgan fingerprint density at radius 2 is 2.15 bits per heavy atom. The van der Waals surface area contributed by atoms with Crippen LogP contribution in [0.4, 0.5) is 10.5 Å². The molecule has 0 saturated heterocycles. The fraction of sp³-hybridized carbons (Fsp3) is 0.429. The molecule has 1 aromatic rings. The van der Waals surface area contributed by atoms with E-state index < -0.39 is 5.97 Å². The highest BCUT2D eigenvalue weighted by Crippen LogP contribution is 2.29. The second-order valence-corrected chi connectivity index (χ2v) is 5.26. The Morgan fingerprint density at radius 3 is 2.70 bits per heavy atom. The first kappa shape index (κ1) is 14.7. The van der Waals surface area contributed by atoms with Crippen LogP contribution in [0.3, 0.4) is 0 Å². The van der Waals surface area contributed by atoms with Gasteiger partial charge in [0, 0.05) is 12.6 Å². The monoisotopic (exact) mass is 296 g/mol. The van der Waals surface area contributed by atoms with Crippen LogP contribution >= 0.6 is 11.6 Å². The van der Waals surface area contributed by atoms with Gasteiger partial charge in [-0.2, -0.15) is 0 Å². The van der Waals surface area contributed by atoms with Gasteiger partial charge in [-0.05, 0) is 37.5 Å². The van der Waals surface area contributed by atoms with E-state index in [2.05, 4.69) is 5.32 Å². The second kappa shape index (κ2) is 6.13. The number of hydrogen-bond acceptors (Lipinski definition) is 2. The summed E-state index contributed by atoms with van der Waals surface area (Å²) in [7, 11) is 0. The molecular weight excluding hydrogens is 280 g/mol.